The van der Waals surface area contributed by atoms with Gasteiger partial charge in [-0.15, -0.1) is 0 Å². The van der Waals surface area contributed by atoms with Crippen LogP contribution in [-0.2, 0) is 14.3 Å². The summed E-state index contributed by atoms with van der Waals surface area (Å²) in [5, 5.41) is 0. The van der Waals surface area contributed by atoms with E-state index in [2.05, 4.69) is 0 Å². The maximum absolute atomic E-state index is 11.9. The Morgan fingerprint density at radius 3 is 2.67 bits per heavy atom. The number of piperidine rings is 1. The molecule has 1 heterocycles. The second-order valence-corrected chi connectivity index (χ2v) is 6.18. The first-order chi connectivity index (χ1) is 8.28. The highest BCUT2D eigenvalue weighted by Gasteiger charge is 2.67. The fraction of sp³-hybridized carbons (Fsp3) is 0.833. The summed E-state index contributed by atoms with van der Waals surface area (Å²) in [6.45, 7) is 6.40. The molecule has 0 aromatic rings. The van der Waals surface area contributed by atoms with Crippen LogP contribution in [0, 0.1) is 11.3 Å². The van der Waals surface area contributed by atoms with Crippen LogP contribution in [0.25, 0.3) is 0 Å². The zero-order chi connectivity index (χ0) is 13.6. The molecule has 0 N–H and O–H groups in total. The summed E-state index contributed by atoms with van der Waals surface area (Å²) in [6, 6.07) is -0.139. The monoisotopic (exact) mass is 275 g/mol. The van der Waals surface area contributed by atoms with Crippen molar-refractivity contribution in [1.82, 2.24) is 4.90 Å². The number of rotatable bonds is 2. The van der Waals surface area contributed by atoms with Gasteiger partial charge in [0.05, 0.1) is 5.41 Å². The van der Waals surface area contributed by atoms with E-state index in [0.717, 1.165) is 6.42 Å². The highest BCUT2D eigenvalue weighted by molar-refractivity contribution is 6.17. The van der Waals surface area contributed by atoms with Gasteiger partial charge in [0, 0.05) is 13.1 Å². The molecule has 2 atom stereocenters. The molecule has 102 valence electrons. The number of carbonyl (C=O) groups is 2. The first-order valence-corrected chi connectivity index (χ1v) is 6.53. The molecule has 2 fully saturated rings. The minimum atomic E-state index is -0.522. The number of ether oxygens (including phenoxy) is 2. The molecule has 6 heteroatoms. The van der Waals surface area contributed by atoms with Gasteiger partial charge in [0.1, 0.15) is 5.60 Å². The SMILES string of the molecule is CC(C)(C)OC(=O)N1CC2CC2(C(=O)OCCl)C1. The van der Waals surface area contributed by atoms with Gasteiger partial charge in [0.25, 0.3) is 0 Å². The Balaban J connectivity index is 1.94. The molecule has 2 rings (SSSR count). The van der Waals surface area contributed by atoms with Gasteiger partial charge in [-0.3, -0.25) is 4.79 Å². The number of hydrogen-bond donors (Lipinski definition) is 0. The van der Waals surface area contributed by atoms with Gasteiger partial charge in [0.2, 0.25) is 0 Å². The third-order valence-electron chi connectivity index (χ3n) is 3.39. The minimum absolute atomic E-state index is 0.139. The predicted octanol–water partition coefficient (Wildman–Crippen LogP) is 1.98. The van der Waals surface area contributed by atoms with Crippen LogP contribution in [0.2, 0.25) is 0 Å². The molecule has 0 radical (unpaired) electrons. The molecule has 2 unspecified atom stereocenters. The number of halogens is 1. The highest BCUT2D eigenvalue weighted by atomic mass is 35.5. The lowest BCUT2D eigenvalue weighted by atomic mass is 10.1. The van der Waals surface area contributed by atoms with E-state index in [0.29, 0.717) is 13.1 Å². The van der Waals surface area contributed by atoms with Crippen molar-refractivity contribution in [1.29, 1.82) is 0 Å². The number of carbonyl (C=O) groups excluding carboxylic acids is 2. The van der Waals surface area contributed by atoms with Crippen molar-refractivity contribution in [3.05, 3.63) is 0 Å². The van der Waals surface area contributed by atoms with E-state index < -0.39 is 11.0 Å². The van der Waals surface area contributed by atoms with Crippen LogP contribution in [0.4, 0.5) is 4.79 Å². The number of alkyl halides is 1. The molecule has 1 aliphatic heterocycles. The van der Waals surface area contributed by atoms with Crippen molar-refractivity contribution in [2.75, 3.05) is 19.2 Å². The minimum Gasteiger partial charge on any atom is -0.449 e. The molecule has 5 nitrogen and oxygen atoms in total. The lowest BCUT2D eigenvalue weighted by Gasteiger charge is -2.25. The van der Waals surface area contributed by atoms with Gasteiger partial charge in [-0.25, -0.2) is 4.79 Å². The zero-order valence-electron chi connectivity index (χ0n) is 10.9. The van der Waals surface area contributed by atoms with Crippen molar-refractivity contribution >= 4 is 23.7 Å². The third-order valence-corrected chi connectivity index (χ3v) is 3.50. The Morgan fingerprint density at radius 2 is 2.11 bits per heavy atom. The van der Waals surface area contributed by atoms with Gasteiger partial charge >= 0.3 is 12.1 Å². The smallest absolute Gasteiger partial charge is 0.410 e. The quantitative estimate of drug-likeness (QED) is 0.571. The Labute approximate surface area is 111 Å². The number of amides is 1. The van der Waals surface area contributed by atoms with Gasteiger partial charge in [0.15, 0.2) is 6.07 Å². The molecular weight excluding hydrogens is 258 g/mol. The number of nitrogens with zero attached hydrogens (tertiary/aromatic N) is 1. The van der Waals surface area contributed by atoms with Gasteiger partial charge in [-0.2, -0.15) is 0 Å². The summed E-state index contributed by atoms with van der Waals surface area (Å²) in [5.74, 6) is -0.103. The average Bonchev–Trinajstić information content (AvgIpc) is 2.80. The largest absolute Gasteiger partial charge is 0.449 e. The van der Waals surface area contributed by atoms with Crippen LogP contribution in [0.15, 0.2) is 0 Å². The first kappa shape index (κ1) is 13.5. The number of likely N-dealkylation sites (tertiary alicyclic amines) is 1. The van der Waals surface area contributed by atoms with Crippen molar-refractivity contribution in [2.45, 2.75) is 32.8 Å². The van der Waals surface area contributed by atoms with E-state index in [-0.39, 0.29) is 24.0 Å². The standard InChI is InChI=1S/C12H18ClNO4/c1-11(2,3)18-10(16)14-5-8-4-12(8,6-14)9(15)17-7-13/h8H,4-7H2,1-3H3. The second kappa shape index (κ2) is 4.30. The van der Waals surface area contributed by atoms with Crippen molar-refractivity contribution in [3.63, 3.8) is 0 Å². The second-order valence-electron chi connectivity index (χ2n) is 5.96. The molecule has 1 saturated carbocycles. The van der Waals surface area contributed by atoms with E-state index in [1.165, 1.54) is 0 Å². The Morgan fingerprint density at radius 1 is 1.44 bits per heavy atom. The topological polar surface area (TPSA) is 55.8 Å². The van der Waals surface area contributed by atoms with Crippen LogP contribution < -0.4 is 0 Å². The number of hydrogen-bond acceptors (Lipinski definition) is 4. The molecule has 18 heavy (non-hydrogen) atoms. The van der Waals surface area contributed by atoms with E-state index in [4.69, 9.17) is 21.1 Å². The molecule has 0 aromatic heterocycles. The van der Waals surface area contributed by atoms with Gasteiger partial charge in [-0.05, 0) is 33.1 Å². The molecule has 0 bridgehead atoms. The maximum atomic E-state index is 11.9. The Kier molecular flexibility index (Phi) is 3.21. The molecule has 0 spiro atoms. The fourth-order valence-corrected chi connectivity index (χ4v) is 2.56. The molecule has 1 saturated heterocycles. The molecular formula is C12H18ClNO4. The molecule has 1 aliphatic carbocycles. The van der Waals surface area contributed by atoms with Crippen molar-refractivity contribution in [3.8, 4) is 0 Å². The van der Waals surface area contributed by atoms with E-state index in [1.54, 1.807) is 4.90 Å². The summed E-state index contributed by atoms with van der Waals surface area (Å²) in [4.78, 5) is 25.2. The van der Waals surface area contributed by atoms with Crippen LogP contribution in [0.3, 0.4) is 0 Å². The van der Waals surface area contributed by atoms with Crippen LogP contribution in [0.1, 0.15) is 27.2 Å². The van der Waals surface area contributed by atoms with E-state index in [1.807, 2.05) is 20.8 Å². The summed E-state index contributed by atoms with van der Waals surface area (Å²) in [7, 11) is 0. The summed E-state index contributed by atoms with van der Waals surface area (Å²) in [5.41, 5.74) is -1.04. The number of fused-ring (bicyclic) bond motifs is 1. The highest BCUT2D eigenvalue weighted by Crippen LogP contribution is 2.58. The number of esters is 1. The summed E-state index contributed by atoms with van der Waals surface area (Å²) in [6.07, 6.45) is 0.412. The van der Waals surface area contributed by atoms with E-state index in [9.17, 15) is 9.59 Å². The summed E-state index contributed by atoms with van der Waals surface area (Å²) >= 11 is 5.39. The van der Waals surface area contributed by atoms with E-state index >= 15 is 0 Å². The predicted molar refractivity (Wildman–Crippen MR) is 65.2 cm³/mol. The molecule has 1 amide bonds. The Bertz CT molecular complexity index is 379. The van der Waals surface area contributed by atoms with Gasteiger partial charge < -0.3 is 14.4 Å². The van der Waals surface area contributed by atoms with Crippen LogP contribution >= 0.6 is 11.6 Å². The van der Waals surface area contributed by atoms with Crippen molar-refractivity contribution in [2.24, 2.45) is 11.3 Å². The van der Waals surface area contributed by atoms with Gasteiger partial charge in [-0.1, -0.05) is 11.6 Å². The maximum Gasteiger partial charge on any atom is 0.410 e. The lowest BCUT2D eigenvalue weighted by Crippen LogP contribution is -2.38. The summed E-state index contributed by atoms with van der Waals surface area (Å²) < 4.78 is 10.1. The van der Waals surface area contributed by atoms with Crippen molar-refractivity contribution < 1.29 is 19.1 Å². The molecule has 0 aromatic carbocycles. The van der Waals surface area contributed by atoms with Crippen LogP contribution in [0.5, 0.6) is 0 Å². The average molecular weight is 276 g/mol. The zero-order valence-corrected chi connectivity index (χ0v) is 11.6. The third kappa shape index (κ3) is 2.41. The lowest BCUT2D eigenvalue weighted by molar-refractivity contribution is -0.148. The normalized spacial score (nSPS) is 29.8. The Hall–Kier alpha value is -0.970. The molecule has 2 aliphatic rings. The first-order valence-electron chi connectivity index (χ1n) is 5.99. The van der Waals surface area contributed by atoms with Crippen LogP contribution in [-0.4, -0.2) is 41.7 Å². The fourth-order valence-electron chi connectivity index (χ4n) is 2.46.